The van der Waals surface area contributed by atoms with Gasteiger partial charge in [-0.2, -0.15) is 5.06 Å². The topological polar surface area (TPSA) is 23.5 Å². The van der Waals surface area contributed by atoms with E-state index >= 15 is 0 Å². The van der Waals surface area contributed by atoms with Crippen molar-refractivity contribution >= 4 is 0 Å². The molecule has 0 aliphatic heterocycles. The molecule has 1 N–H and O–H groups in total. The summed E-state index contributed by atoms with van der Waals surface area (Å²) in [6.07, 6.45) is 43.5. The second-order valence-electron chi connectivity index (χ2n) is 12.2. The third-order valence-corrected chi connectivity index (χ3v) is 8.29. The summed E-state index contributed by atoms with van der Waals surface area (Å²) < 4.78 is 0. The van der Waals surface area contributed by atoms with Crippen LogP contribution in [0.1, 0.15) is 213 Å². The predicted molar refractivity (Wildman–Crippen MR) is 168 cm³/mol. The summed E-state index contributed by atoms with van der Waals surface area (Å²) >= 11 is 0. The Hall–Kier alpha value is -0.0800. The number of unbranched alkanes of at least 4 members (excludes halogenated alkanes) is 29. The fraction of sp³-hybridized carbons (Fsp3) is 1.00. The minimum Gasteiger partial charge on any atom is -0.314 e. The highest BCUT2D eigenvalue weighted by molar-refractivity contribution is 4.53. The van der Waals surface area contributed by atoms with Crippen LogP contribution < -0.4 is 0 Å². The highest BCUT2D eigenvalue weighted by Crippen LogP contribution is 2.15. The molecule has 2 heteroatoms. The van der Waals surface area contributed by atoms with Crippen molar-refractivity contribution in [2.45, 2.75) is 213 Å². The summed E-state index contributed by atoms with van der Waals surface area (Å²) in [5.74, 6) is 0. The largest absolute Gasteiger partial charge is 0.314 e. The van der Waals surface area contributed by atoms with Crippen LogP contribution in [-0.4, -0.2) is 23.4 Å². The van der Waals surface area contributed by atoms with Crippen molar-refractivity contribution in [2.75, 3.05) is 13.1 Å². The smallest absolute Gasteiger partial charge is 0.0238 e. The first-order chi connectivity index (χ1) is 18.3. The average molecular weight is 524 g/mol. The molecule has 0 aliphatic carbocycles. The Kier molecular flexibility index (Phi) is 33.9. The lowest BCUT2D eigenvalue weighted by atomic mass is 10.0. The van der Waals surface area contributed by atoms with Crippen molar-refractivity contribution in [1.82, 2.24) is 5.06 Å². The van der Waals surface area contributed by atoms with Crippen LogP contribution in [0.5, 0.6) is 0 Å². The molecule has 0 saturated carbocycles. The van der Waals surface area contributed by atoms with Crippen LogP contribution in [0.4, 0.5) is 0 Å². The molecule has 224 valence electrons. The fourth-order valence-electron chi connectivity index (χ4n) is 5.62. The zero-order valence-corrected chi connectivity index (χ0v) is 26.2. The number of hydroxylamine groups is 2. The van der Waals surface area contributed by atoms with E-state index in [0.29, 0.717) is 0 Å². The molecule has 0 amide bonds. The SMILES string of the molecule is CCCCCCCCCCCCCCCCCCN(O)CCCCCCCCCCCCCCCCC. The number of hydrogen-bond donors (Lipinski definition) is 1. The second kappa shape index (κ2) is 33.9. The van der Waals surface area contributed by atoms with Crippen LogP contribution in [0.15, 0.2) is 0 Å². The van der Waals surface area contributed by atoms with Crippen LogP contribution in [0.25, 0.3) is 0 Å². The van der Waals surface area contributed by atoms with Crippen molar-refractivity contribution in [3.05, 3.63) is 0 Å². The number of rotatable bonds is 33. The molecule has 2 nitrogen and oxygen atoms in total. The second-order valence-corrected chi connectivity index (χ2v) is 12.2. The molecule has 0 unspecified atom stereocenters. The molecule has 0 atom stereocenters. The highest BCUT2D eigenvalue weighted by atomic mass is 16.5. The van der Waals surface area contributed by atoms with E-state index < -0.39 is 0 Å². The van der Waals surface area contributed by atoms with Gasteiger partial charge in [0.2, 0.25) is 0 Å². The minimum absolute atomic E-state index is 0.872. The normalized spacial score (nSPS) is 11.7. The number of nitrogens with zero attached hydrogens (tertiary/aromatic N) is 1. The number of hydrogen-bond acceptors (Lipinski definition) is 2. The van der Waals surface area contributed by atoms with E-state index in [1.54, 1.807) is 5.06 Å². The third kappa shape index (κ3) is 33.9. The van der Waals surface area contributed by atoms with Gasteiger partial charge < -0.3 is 5.21 Å². The molecule has 0 aromatic heterocycles. The molecule has 0 aromatic carbocycles. The first kappa shape index (κ1) is 36.9. The summed E-state index contributed by atoms with van der Waals surface area (Å²) in [4.78, 5) is 0. The molecule has 0 heterocycles. The monoisotopic (exact) mass is 524 g/mol. The predicted octanol–water partition coefficient (Wildman–Crippen LogP) is 12.8. The first-order valence-corrected chi connectivity index (χ1v) is 17.7. The summed E-state index contributed by atoms with van der Waals surface area (Å²) in [5.41, 5.74) is 0. The van der Waals surface area contributed by atoms with E-state index in [1.807, 2.05) is 0 Å². The van der Waals surface area contributed by atoms with Crippen molar-refractivity contribution in [2.24, 2.45) is 0 Å². The Morgan fingerprint density at radius 2 is 0.432 bits per heavy atom. The molecular formula is C35H73NO. The molecular weight excluding hydrogens is 450 g/mol. The van der Waals surface area contributed by atoms with Crippen molar-refractivity contribution in [3.63, 3.8) is 0 Å². The van der Waals surface area contributed by atoms with Gasteiger partial charge in [-0.25, -0.2) is 0 Å². The molecule has 0 spiro atoms. The molecule has 0 fully saturated rings. The van der Waals surface area contributed by atoms with Gasteiger partial charge in [0.05, 0.1) is 0 Å². The van der Waals surface area contributed by atoms with Crippen molar-refractivity contribution < 1.29 is 5.21 Å². The molecule has 0 aliphatic rings. The van der Waals surface area contributed by atoms with Gasteiger partial charge >= 0.3 is 0 Å². The van der Waals surface area contributed by atoms with Gasteiger partial charge in [-0.05, 0) is 12.8 Å². The van der Waals surface area contributed by atoms with Crippen molar-refractivity contribution in [1.29, 1.82) is 0 Å². The van der Waals surface area contributed by atoms with Crippen LogP contribution in [0.3, 0.4) is 0 Å². The maximum Gasteiger partial charge on any atom is 0.0238 e. The lowest BCUT2D eigenvalue weighted by Gasteiger charge is -2.14. The zero-order valence-electron chi connectivity index (χ0n) is 26.2. The van der Waals surface area contributed by atoms with E-state index in [4.69, 9.17) is 0 Å². The van der Waals surface area contributed by atoms with E-state index in [1.165, 1.54) is 186 Å². The standard InChI is InChI=1S/C35H73NO/c1-3-5-7-9-11-13-15-17-19-21-23-25-27-29-31-33-35-36(37)34-32-30-28-26-24-22-20-18-16-14-12-10-8-6-4-2/h37H,3-35H2,1-2H3. The third-order valence-electron chi connectivity index (χ3n) is 8.29. The van der Waals surface area contributed by atoms with Crippen LogP contribution in [0, 0.1) is 0 Å². The lowest BCUT2D eigenvalue weighted by molar-refractivity contribution is -0.0925. The van der Waals surface area contributed by atoms with Gasteiger partial charge in [0.15, 0.2) is 0 Å². The van der Waals surface area contributed by atoms with E-state index in [9.17, 15) is 5.21 Å². The Morgan fingerprint density at radius 1 is 0.270 bits per heavy atom. The van der Waals surface area contributed by atoms with Crippen LogP contribution in [-0.2, 0) is 0 Å². The molecule has 0 saturated heterocycles. The average Bonchev–Trinajstić information content (AvgIpc) is 2.90. The van der Waals surface area contributed by atoms with E-state index in [0.717, 1.165) is 25.9 Å². The highest BCUT2D eigenvalue weighted by Gasteiger charge is 2.01. The van der Waals surface area contributed by atoms with Gasteiger partial charge in [0.25, 0.3) is 0 Å². The maximum absolute atomic E-state index is 10.1. The zero-order chi connectivity index (χ0) is 26.9. The van der Waals surface area contributed by atoms with Gasteiger partial charge in [-0.3, -0.25) is 0 Å². The Balaban J connectivity index is 3.13. The van der Waals surface area contributed by atoms with Gasteiger partial charge in [-0.1, -0.05) is 200 Å². The Bertz CT molecular complexity index is 385. The molecule has 0 bridgehead atoms. The first-order valence-electron chi connectivity index (χ1n) is 17.7. The molecule has 37 heavy (non-hydrogen) atoms. The fourth-order valence-corrected chi connectivity index (χ4v) is 5.62. The summed E-state index contributed by atoms with van der Waals surface area (Å²) in [6.45, 7) is 6.34. The van der Waals surface area contributed by atoms with E-state index in [-0.39, 0.29) is 0 Å². The van der Waals surface area contributed by atoms with Crippen molar-refractivity contribution in [3.8, 4) is 0 Å². The Morgan fingerprint density at radius 3 is 0.622 bits per heavy atom. The van der Waals surface area contributed by atoms with Gasteiger partial charge in [-0.15, -0.1) is 0 Å². The Labute approximate surface area is 236 Å². The molecule has 0 radical (unpaired) electrons. The van der Waals surface area contributed by atoms with Crippen LogP contribution in [0.2, 0.25) is 0 Å². The van der Waals surface area contributed by atoms with E-state index in [2.05, 4.69) is 13.8 Å². The summed E-state index contributed by atoms with van der Waals surface area (Å²) in [7, 11) is 0. The maximum atomic E-state index is 10.1. The summed E-state index contributed by atoms with van der Waals surface area (Å²) in [5, 5.41) is 11.7. The molecule has 0 rings (SSSR count). The minimum atomic E-state index is 0.872. The summed E-state index contributed by atoms with van der Waals surface area (Å²) in [6, 6.07) is 0. The quantitative estimate of drug-likeness (QED) is 0.0682. The molecule has 0 aromatic rings. The van der Waals surface area contributed by atoms with Crippen LogP contribution >= 0.6 is 0 Å². The van der Waals surface area contributed by atoms with Gasteiger partial charge in [0, 0.05) is 13.1 Å². The van der Waals surface area contributed by atoms with Gasteiger partial charge in [0.1, 0.15) is 0 Å². The lowest BCUT2D eigenvalue weighted by Crippen LogP contribution is -2.21.